The molecule has 116 valence electrons. The van der Waals surface area contributed by atoms with E-state index in [1.807, 2.05) is 36.4 Å². The fourth-order valence-electron chi connectivity index (χ4n) is 1.32. The summed E-state index contributed by atoms with van der Waals surface area (Å²) in [7, 11) is -5.74. The van der Waals surface area contributed by atoms with Crippen LogP contribution in [-0.2, 0) is 9.13 Å². The van der Waals surface area contributed by atoms with Crippen molar-refractivity contribution in [1.82, 2.24) is 0 Å². The Balaban J connectivity index is 0.000000464. The van der Waals surface area contributed by atoms with Crippen molar-refractivity contribution in [2.24, 2.45) is 0 Å². The van der Waals surface area contributed by atoms with Crippen LogP contribution in [0.15, 0.2) is 60.7 Å². The van der Waals surface area contributed by atoms with Crippen LogP contribution in [0.5, 0.6) is 0 Å². The molecule has 0 saturated heterocycles. The average Bonchev–Trinajstić information content (AvgIpc) is 2.46. The smallest absolute Gasteiger partial charge is 0.134 e. The summed E-state index contributed by atoms with van der Waals surface area (Å²) in [5.74, 6) is 0. The summed E-state index contributed by atoms with van der Waals surface area (Å²) in [5, 5.41) is 0. The van der Waals surface area contributed by atoms with E-state index >= 15 is 0 Å². The topological polar surface area (TPSA) is 115 Å². The zero-order valence-corrected chi connectivity index (χ0v) is 13.2. The molecule has 0 unspecified atom stereocenters. The number of benzene rings is 2. The van der Waals surface area contributed by atoms with Gasteiger partial charge in [0, 0.05) is 9.13 Å². The van der Waals surface area contributed by atoms with Gasteiger partial charge in [0.15, 0.2) is 0 Å². The van der Waals surface area contributed by atoms with Gasteiger partial charge < -0.3 is 0 Å². The molecule has 0 aromatic heterocycles. The molecule has 4 N–H and O–H groups in total. The molecule has 0 heterocycles. The van der Waals surface area contributed by atoms with Crippen LogP contribution in [-0.4, -0.2) is 19.6 Å². The highest BCUT2D eigenvalue weighted by Crippen LogP contribution is 2.06. The van der Waals surface area contributed by atoms with Gasteiger partial charge in [0.1, 0.15) is 0 Å². The van der Waals surface area contributed by atoms with Crippen LogP contribution in [0, 0.1) is 0 Å². The van der Waals surface area contributed by atoms with Crippen LogP contribution in [0.2, 0.25) is 0 Å². The number of hydrogen-bond acceptors (Lipinski definition) is 2. The van der Waals surface area contributed by atoms with Gasteiger partial charge in [-0.2, -0.15) is 0 Å². The highest BCUT2D eigenvalue weighted by Gasteiger charge is 1.93. The Kier molecular flexibility index (Phi) is 11.9. The lowest BCUT2D eigenvalue weighted by Gasteiger charge is -1.92. The van der Waals surface area contributed by atoms with Crippen molar-refractivity contribution < 1.29 is 28.7 Å². The monoisotopic (exact) mass is 342 g/mol. The van der Waals surface area contributed by atoms with Crippen molar-refractivity contribution in [1.29, 1.82) is 0 Å². The summed E-state index contributed by atoms with van der Waals surface area (Å²) in [4.78, 5) is 28.5. The average molecular weight is 342 g/mol. The van der Waals surface area contributed by atoms with Gasteiger partial charge >= 0.3 is 16.5 Å². The molecule has 0 aliphatic carbocycles. The first kappa shape index (κ1) is 20.2. The van der Waals surface area contributed by atoms with E-state index in [0.717, 1.165) is 0 Å². The minimum atomic E-state index is -2.87. The van der Waals surface area contributed by atoms with Crippen LogP contribution in [0.3, 0.4) is 0 Å². The maximum atomic E-state index is 8.70. The minimum Gasteiger partial charge on any atom is -0.134 e. The number of hydrogen-bond donors (Lipinski definition) is 4. The summed E-state index contributed by atoms with van der Waals surface area (Å²) in [6.07, 6.45) is 4.24. The maximum Gasteiger partial charge on any atom is 0.692 e. The molecule has 0 spiro atoms. The van der Waals surface area contributed by atoms with Crippen molar-refractivity contribution in [3.8, 4) is 0 Å². The molecule has 0 amide bonds. The predicted octanol–water partition coefficient (Wildman–Crippen LogP) is 3.11. The van der Waals surface area contributed by atoms with E-state index in [2.05, 4.69) is 36.4 Å². The Morgan fingerprint density at radius 1 is 0.591 bits per heavy atom. The molecule has 2 rings (SSSR count). The fourth-order valence-corrected chi connectivity index (χ4v) is 1.32. The summed E-state index contributed by atoms with van der Waals surface area (Å²) in [6, 6.07) is 20.6. The lowest BCUT2D eigenvalue weighted by atomic mass is 10.1. The minimum absolute atomic E-state index is 1.23. The van der Waals surface area contributed by atoms with E-state index in [-0.39, 0.29) is 0 Å². The third kappa shape index (κ3) is 14.6. The lowest BCUT2D eigenvalue weighted by molar-refractivity contribution is 0.403. The number of rotatable bonds is 2. The Hall–Kier alpha value is -1.78. The van der Waals surface area contributed by atoms with E-state index in [9.17, 15) is 0 Å². The van der Waals surface area contributed by atoms with E-state index in [0.29, 0.717) is 0 Å². The molecule has 8 heteroatoms. The fraction of sp³-hybridized carbons (Fsp3) is 0. The Morgan fingerprint density at radius 2 is 0.818 bits per heavy atom. The maximum absolute atomic E-state index is 8.70. The first-order valence-electron chi connectivity index (χ1n) is 5.90. The Labute approximate surface area is 129 Å². The SMILES string of the molecule is C(=C\c1ccccc1)/c1ccccc1.O=[P+](O)O.O=[P+](O)O. The van der Waals surface area contributed by atoms with Crippen LogP contribution < -0.4 is 0 Å². The molecule has 22 heavy (non-hydrogen) atoms. The summed E-state index contributed by atoms with van der Waals surface area (Å²) in [5.41, 5.74) is 2.47. The molecule has 0 bridgehead atoms. The van der Waals surface area contributed by atoms with Crippen molar-refractivity contribution >= 4 is 28.7 Å². The Bertz CT molecular complexity index is 525. The molecule has 0 fully saturated rings. The lowest BCUT2D eigenvalue weighted by Crippen LogP contribution is -1.70. The van der Waals surface area contributed by atoms with Gasteiger partial charge in [-0.15, -0.1) is 19.6 Å². The molecule has 0 aliphatic rings. The van der Waals surface area contributed by atoms with Crippen molar-refractivity contribution in [3.63, 3.8) is 0 Å². The van der Waals surface area contributed by atoms with Gasteiger partial charge in [-0.05, 0) is 11.1 Å². The first-order chi connectivity index (χ1) is 10.4. The largest absolute Gasteiger partial charge is 0.692 e. The molecule has 6 nitrogen and oxygen atoms in total. The first-order valence-corrected chi connectivity index (χ1v) is 8.23. The highest BCUT2D eigenvalue weighted by molar-refractivity contribution is 7.31. The van der Waals surface area contributed by atoms with Gasteiger partial charge in [0.2, 0.25) is 0 Å². The molecule has 0 radical (unpaired) electrons. The normalized spacial score (nSPS) is 9.09. The van der Waals surface area contributed by atoms with Crippen molar-refractivity contribution in [2.75, 3.05) is 0 Å². The zero-order chi connectivity index (χ0) is 16.8. The van der Waals surface area contributed by atoms with E-state index in [1.54, 1.807) is 0 Å². The van der Waals surface area contributed by atoms with Crippen LogP contribution in [0.25, 0.3) is 12.2 Å². The molecule has 2 aromatic rings. The highest BCUT2D eigenvalue weighted by atomic mass is 31.1. The van der Waals surface area contributed by atoms with Crippen molar-refractivity contribution in [3.05, 3.63) is 71.8 Å². The second kappa shape index (κ2) is 12.9. The molecule has 0 aliphatic heterocycles. The Morgan fingerprint density at radius 3 is 1.05 bits per heavy atom. The second-order valence-corrected chi connectivity index (χ2v) is 4.67. The van der Waals surface area contributed by atoms with Crippen LogP contribution in [0.1, 0.15) is 11.1 Å². The van der Waals surface area contributed by atoms with Crippen molar-refractivity contribution in [2.45, 2.75) is 0 Å². The quantitative estimate of drug-likeness (QED) is 0.492. The van der Waals surface area contributed by atoms with Gasteiger partial charge in [0.25, 0.3) is 0 Å². The molecule has 0 atom stereocenters. The summed E-state index contributed by atoms with van der Waals surface area (Å²) < 4.78 is 17.4. The van der Waals surface area contributed by atoms with Gasteiger partial charge in [-0.1, -0.05) is 72.8 Å². The predicted molar refractivity (Wildman–Crippen MR) is 85.9 cm³/mol. The van der Waals surface area contributed by atoms with E-state index in [4.69, 9.17) is 28.7 Å². The molecular formula is C14H16O6P2+2. The molecule has 2 aromatic carbocycles. The standard InChI is InChI=1S/C14H12.2HO3P/c1-3-7-13(8-4-1)11-12-14-9-5-2-6-10-14;2*1-4(2)3/h1-12H;2*(H-,1,2,3)/p+2/b12-11+;;. The third-order valence-corrected chi connectivity index (χ3v) is 2.07. The van der Waals surface area contributed by atoms with Gasteiger partial charge in [-0.3, -0.25) is 0 Å². The second-order valence-electron chi connectivity index (χ2n) is 3.66. The van der Waals surface area contributed by atoms with Gasteiger partial charge in [0.05, 0.1) is 0 Å². The third-order valence-electron chi connectivity index (χ3n) is 2.07. The van der Waals surface area contributed by atoms with E-state index in [1.165, 1.54) is 11.1 Å². The van der Waals surface area contributed by atoms with Gasteiger partial charge in [-0.25, -0.2) is 0 Å². The summed E-state index contributed by atoms with van der Waals surface area (Å²) in [6.45, 7) is 0. The molecule has 0 saturated carbocycles. The van der Waals surface area contributed by atoms with Crippen LogP contribution in [0.4, 0.5) is 0 Å². The zero-order valence-electron chi connectivity index (χ0n) is 11.4. The summed E-state index contributed by atoms with van der Waals surface area (Å²) >= 11 is 0. The molecular weight excluding hydrogens is 326 g/mol. The van der Waals surface area contributed by atoms with Crippen LogP contribution >= 0.6 is 16.5 Å². The van der Waals surface area contributed by atoms with E-state index < -0.39 is 16.5 Å².